The van der Waals surface area contributed by atoms with Crippen LogP contribution in [0.25, 0.3) is 0 Å². The Balaban J connectivity index is 1.79. The van der Waals surface area contributed by atoms with Crippen molar-refractivity contribution in [3.05, 3.63) is 59.1 Å². The Bertz CT molecular complexity index is 838. The predicted octanol–water partition coefficient (Wildman–Crippen LogP) is 3.18. The molecule has 2 rings (SSSR count). The smallest absolute Gasteiger partial charge is 0.243 e. The minimum absolute atomic E-state index is 0.104. The number of carbonyl (C=O) groups is 1. The summed E-state index contributed by atoms with van der Waals surface area (Å²) in [6.07, 6.45) is 0. The Hall–Kier alpha value is -1.54. The Morgan fingerprint density at radius 2 is 1.73 bits per heavy atom. The molecule has 140 valence electrons. The number of amides is 1. The third kappa shape index (κ3) is 6.02. The second-order valence-corrected chi connectivity index (χ2v) is 9.38. The largest absolute Gasteiger partial charge is 0.354 e. The molecule has 2 aromatic rings. The maximum atomic E-state index is 12.4. The molecule has 1 N–H and O–H groups in total. The van der Waals surface area contributed by atoms with E-state index in [1.807, 2.05) is 31.2 Å². The summed E-state index contributed by atoms with van der Waals surface area (Å²) >= 11 is 7.41. The van der Waals surface area contributed by atoms with Crippen molar-refractivity contribution in [2.24, 2.45) is 0 Å². The predicted molar refractivity (Wildman–Crippen MR) is 106 cm³/mol. The molecule has 0 atom stereocenters. The van der Waals surface area contributed by atoms with Crippen LogP contribution in [0.2, 0.25) is 5.02 Å². The Kier molecular flexibility index (Phi) is 7.52. The van der Waals surface area contributed by atoms with Gasteiger partial charge >= 0.3 is 0 Å². The van der Waals surface area contributed by atoms with Gasteiger partial charge in [-0.05, 0) is 43.3 Å². The van der Waals surface area contributed by atoms with Gasteiger partial charge in [-0.2, -0.15) is 4.31 Å². The summed E-state index contributed by atoms with van der Waals surface area (Å²) in [6, 6.07) is 14.0. The maximum Gasteiger partial charge on any atom is 0.243 e. The molecule has 5 nitrogen and oxygen atoms in total. The summed E-state index contributed by atoms with van der Waals surface area (Å²) < 4.78 is 25.9. The van der Waals surface area contributed by atoms with Gasteiger partial charge < -0.3 is 5.32 Å². The molecule has 0 aliphatic carbocycles. The third-order valence-corrected chi connectivity index (χ3v) is 6.69. The zero-order valence-corrected chi connectivity index (χ0v) is 17.0. The fourth-order valence-electron chi connectivity index (χ4n) is 2.12. The van der Waals surface area contributed by atoms with Crippen molar-refractivity contribution >= 4 is 39.3 Å². The minimum Gasteiger partial charge on any atom is -0.354 e. The summed E-state index contributed by atoms with van der Waals surface area (Å²) in [7, 11) is -2.34. The monoisotopic (exact) mass is 412 g/mol. The van der Waals surface area contributed by atoms with Crippen molar-refractivity contribution < 1.29 is 13.2 Å². The van der Waals surface area contributed by atoms with Crippen molar-refractivity contribution in [3.8, 4) is 0 Å². The van der Waals surface area contributed by atoms with Gasteiger partial charge in [-0.25, -0.2) is 8.42 Å². The van der Waals surface area contributed by atoms with Gasteiger partial charge in [0.1, 0.15) is 0 Å². The van der Waals surface area contributed by atoms with E-state index in [-0.39, 0.29) is 17.3 Å². The number of halogens is 1. The van der Waals surface area contributed by atoms with Crippen LogP contribution in [-0.2, 0) is 14.8 Å². The lowest BCUT2D eigenvalue weighted by Crippen LogP contribution is -2.39. The average Bonchev–Trinajstić information content (AvgIpc) is 2.60. The van der Waals surface area contributed by atoms with Gasteiger partial charge in [0.05, 0.1) is 11.4 Å². The minimum atomic E-state index is -3.72. The van der Waals surface area contributed by atoms with Crippen molar-refractivity contribution in [1.29, 1.82) is 0 Å². The number of nitrogens with one attached hydrogen (secondary N) is 1. The lowest BCUT2D eigenvalue weighted by molar-refractivity contribution is -0.121. The molecule has 0 spiro atoms. The van der Waals surface area contributed by atoms with E-state index in [0.29, 0.717) is 17.3 Å². The highest BCUT2D eigenvalue weighted by Gasteiger charge is 2.22. The number of hydrogen-bond donors (Lipinski definition) is 1. The molecule has 0 aliphatic heterocycles. The van der Waals surface area contributed by atoms with Crippen molar-refractivity contribution in [3.63, 3.8) is 0 Å². The second kappa shape index (κ2) is 9.41. The van der Waals surface area contributed by atoms with E-state index < -0.39 is 10.0 Å². The first kappa shape index (κ1) is 20.8. The SMILES string of the molecule is Cc1ccc(SCCNC(=O)CN(C)S(=O)(=O)c2ccc(Cl)cc2)cc1. The molecule has 0 aliphatic rings. The highest BCUT2D eigenvalue weighted by Crippen LogP contribution is 2.18. The molecule has 0 heterocycles. The standard InChI is InChI=1S/C18H21ClN2O3S2/c1-14-3-7-16(8-4-14)25-12-11-20-18(22)13-21(2)26(23,24)17-9-5-15(19)6-10-17/h3-10H,11-13H2,1-2H3,(H,20,22). The van der Waals surface area contributed by atoms with Crippen molar-refractivity contribution in [2.45, 2.75) is 16.7 Å². The summed E-state index contributed by atoms with van der Waals surface area (Å²) in [5.41, 5.74) is 1.20. The maximum absolute atomic E-state index is 12.4. The zero-order chi connectivity index (χ0) is 19.2. The van der Waals surface area contributed by atoms with E-state index in [2.05, 4.69) is 5.32 Å². The zero-order valence-electron chi connectivity index (χ0n) is 14.6. The number of thioether (sulfide) groups is 1. The lowest BCUT2D eigenvalue weighted by Gasteiger charge is -2.17. The van der Waals surface area contributed by atoms with Gasteiger partial charge in [0, 0.05) is 29.3 Å². The van der Waals surface area contributed by atoms with Crippen LogP contribution in [-0.4, -0.2) is 44.5 Å². The number of carbonyl (C=O) groups excluding carboxylic acids is 1. The normalized spacial score (nSPS) is 11.5. The molecule has 1 amide bonds. The fraction of sp³-hybridized carbons (Fsp3) is 0.278. The van der Waals surface area contributed by atoms with Crippen LogP contribution in [0.15, 0.2) is 58.3 Å². The average molecular weight is 413 g/mol. The number of aryl methyl sites for hydroxylation is 1. The van der Waals surface area contributed by atoms with Crippen LogP contribution in [0.5, 0.6) is 0 Å². The molecule has 0 bridgehead atoms. The van der Waals surface area contributed by atoms with Gasteiger partial charge in [-0.1, -0.05) is 29.3 Å². The first-order valence-electron chi connectivity index (χ1n) is 7.97. The van der Waals surface area contributed by atoms with Crippen molar-refractivity contribution in [1.82, 2.24) is 9.62 Å². The van der Waals surface area contributed by atoms with E-state index >= 15 is 0 Å². The van der Waals surface area contributed by atoms with Gasteiger partial charge in [-0.15, -0.1) is 11.8 Å². The summed E-state index contributed by atoms with van der Waals surface area (Å²) in [5.74, 6) is 0.372. The molecule has 0 unspecified atom stereocenters. The quantitative estimate of drug-likeness (QED) is 0.534. The third-order valence-electron chi connectivity index (χ3n) is 3.60. The molecule has 2 aromatic carbocycles. The first-order chi connectivity index (χ1) is 12.3. The summed E-state index contributed by atoms with van der Waals surface area (Å²) in [4.78, 5) is 13.2. The van der Waals surface area contributed by atoms with Gasteiger partial charge in [0.2, 0.25) is 15.9 Å². The fourth-order valence-corrected chi connectivity index (χ4v) is 4.14. The van der Waals surface area contributed by atoms with E-state index in [1.165, 1.54) is 36.9 Å². The van der Waals surface area contributed by atoms with Crippen LogP contribution in [0.3, 0.4) is 0 Å². The van der Waals surface area contributed by atoms with E-state index in [4.69, 9.17) is 11.6 Å². The van der Waals surface area contributed by atoms with E-state index in [0.717, 1.165) is 9.20 Å². The van der Waals surface area contributed by atoms with Crippen LogP contribution in [0.1, 0.15) is 5.56 Å². The molecule has 26 heavy (non-hydrogen) atoms. The molecule has 0 aromatic heterocycles. The summed E-state index contributed by atoms with van der Waals surface area (Å²) in [6.45, 7) is 2.26. The van der Waals surface area contributed by atoms with Crippen molar-refractivity contribution in [2.75, 3.05) is 25.9 Å². The highest BCUT2D eigenvalue weighted by atomic mass is 35.5. The van der Waals surface area contributed by atoms with Gasteiger partial charge in [-0.3, -0.25) is 4.79 Å². The number of benzene rings is 2. The number of hydrogen-bond acceptors (Lipinski definition) is 4. The molecule has 0 saturated carbocycles. The second-order valence-electron chi connectivity index (χ2n) is 5.73. The molecule has 0 saturated heterocycles. The van der Waals surface area contributed by atoms with E-state index in [9.17, 15) is 13.2 Å². The Morgan fingerprint density at radius 1 is 1.12 bits per heavy atom. The number of likely N-dealkylation sites (N-methyl/N-ethyl adjacent to an activating group) is 1. The molecular weight excluding hydrogens is 392 g/mol. The lowest BCUT2D eigenvalue weighted by atomic mass is 10.2. The highest BCUT2D eigenvalue weighted by molar-refractivity contribution is 7.99. The number of sulfonamides is 1. The summed E-state index contributed by atoms with van der Waals surface area (Å²) in [5, 5.41) is 3.19. The number of rotatable bonds is 8. The van der Waals surface area contributed by atoms with Gasteiger partial charge in [0.25, 0.3) is 0 Å². The van der Waals surface area contributed by atoms with Gasteiger partial charge in [0.15, 0.2) is 0 Å². The Labute approximate surface area is 163 Å². The number of nitrogens with zero attached hydrogens (tertiary/aromatic N) is 1. The van der Waals surface area contributed by atoms with Crippen LogP contribution in [0.4, 0.5) is 0 Å². The van der Waals surface area contributed by atoms with Crippen LogP contribution < -0.4 is 5.32 Å². The molecule has 0 fully saturated rings. The molecule has 0 radical (unpaired) electrons. The molecular formula is C18H21ClN2O3S2. The van der Waals surface area contributed by atoms with Crippen LogP contribution in [0, 0.1) is 6.92 Å². The van der Waals surface area contributed by atoms with E-state index in [1.54, 1.807) is 11.8 Å². The first-order valence-corrected chi connectivity index (χ1v) is 10.8. The van der Waals surface area contributed by atoms with Crippen LogP contribution >= 0.6 is 23.4 Å². The Morgan fingerprint density at radius 3 is 2.35 bits per heavy atom. The molecule has 8 heteroatoms. The topological polar surface area (TPSA) is 66.5 Å².